The van der Waals surface area contributed by atoms with Crippen molar-refractivity contribution in [3.8, 4) is 11.5 Å². The maximum Gasteiger partial charge on any atom is 0.232 e. The Morgan fingerprint density at radius 3 is 2.22 bits per heavy atom. The maximum absolute atomic E-state index is 13.1. The lowest BCUT2D eigenvalue weighted by Gasteiger charge is -2.49. The molecule has 0 aromatic heterocycles. The number of hydrogen-bond donors (Lipinski definition) is 1. The molecule has 0 bridgehead atoms. The van der Waals surface area contributed by atoms with Gasteiger partial charge in [0, 0.05) is 17.5 Å². The van der Waals surface area contributed by atoms with Gasteiger partial charge in [0.1, 0.15) is 0 Å². The molecule has 1 amide bonds. The molecular weight excluding hydrogens is 292 g/mol. The lowest BCUT2D eigenvalue weighted by Crippen LogP contribution is -2.63. The van der Waals surface area contributed by atoms with Gasteiger partial charge in [0.2, 0.25) is 5.91 Å². The first-order valence-electron chi connectivity index (χ1n) is 7.89. The first-order chi connectivity index (χ1) is 10.5. The zero-order valence-electron chi connectivity index (χ0n) is 15.2. The monoisotopic (exact) mass is 320 g/mol. The first-order valence-corrected chi connectivity index (χ1v) is 7.89. The molecule has 1 aliphatic heterocycles. The number of ether oxygens (including phenoxy) is 2. The van der Waals surface area contributed by atoms with Crippen LogP contribution >= 0.6 is 0 Å². The predicted molar refractivity (Wildman–Crippen MR) is 92.2 cm³/mol. The maximum atomic E-state index is 13.1. The third-order valence-electron chi connectivity index (χ3n) is 4.59. The summed E-state index contributed by atoms with van der Waals surface area (Å²) >= 11 is 0. The Kier molecular flexibility index (Phi) is 4.37. The van der Waals surface area contributed by atoms with E-state index in [1.807, 2.05) is 51.7 Å². The number of hydrogen-bond acceptors (Lipinski definition) is 4. The van der Waals surface area contributed by atoms with Gasteiger partial charge in [-0.1, -0.05) is 20.8 Å². The van der Waals surface area contributed by atoms with Crippen molar-refractivity contribution >= 4 is 11.6 Å². The fourth-order valence-corrected chi connectivity index (χ4v) is 2.95. The minimum atomic E-state index is -0.501. The second-order valence-corrected chi connectivity index (χ2v) is 7.69. The van der Waals surface area contributed by atoms with Crippen LogP contribution in [0.4, 0.5) is 5.69 Å². The molecule has 1 aliphatic rings. The van der Waals surface area contributed by atoms with E-state index in [2.05, 4.69) is 0 Å². The van der Waals surface area contributed by atoms with Crippen molar-refractivity contribution < 1.29 is 14.3 Å². The number of amides is 1. The average Bonchev–Trinajstić information content (AvgIpc) is 2.45. The summed E-state index contributed by atoms with van der Waals surface area (Å²) in [5, 5.41) is 0. The van der Waals surface area contributed by atoms with E-state index in [4.69, 9.17) is 15.2 Å². The Morgan fingerprint density at radius 1 is 1.22 bits per heavy atom. The van der Waals surface area contributed by atoms with Crippen LogP contribution in [-0.2, 0) is 11.2 Å². The molecule has 2 N–H and O–H groups in total. The Hall–Kier alpha value is -1.75. The molecule has 1 aromatic rings. The highest BCUT2D eigenvalue weighted by atomic mass is 16.5. The molecular formula is C18H28N2O3. The van der Waals surface area contributed by atoms with E-state index in [9.17, 15) is 4.79 Å². The molecule has 5 heteroatoms. The predicted octanol–water partition coefficient (Wildman–Crippen LogP) is 2.74. The molecule has 128 valence electrons. The summed E-state index contributed by atoms with van der Waals surface area (Å²) in [6, 6.07) is 3.65. The van der Waals surface area contributed by atoms with E-state index in [-0.39, 0.29) is 11.9 Å². The van der Waals surface area contributed by atoms with E-state index in [0.717, 1.165) is 11.3 Å². The third kappa shape index (κ3) is 2.90. The van der Waals surface area contributed by atoms with Crippen molar-refractivity contribution in [2.75, 3.05) is 19.1 Å². The summed E-state index contributed by atoms with van der Waals surface area (Å²) in [6.07, 6.45) is 0.691. The molecule has 5 nitrogen and oxygen atoms in total. The number of nitrogens with zero attached hydrogens (tertiary/aromatic N) is 1. The normalized spacial score (nSPS) is 20.0. The van der Waals surface area contributed by atoms with E-state index in [0.29, 0.717) is 17.9 Å². The highest BCUT2D eigenvalue weighted by molar-refractivity contribution is 6.00. The Bertz CT molecular complexity index is 617. The van der Waals surface area contributed by atoms with Crippen molar-refractivity contribution in [1.29, 1.82) is 0 Å². The molecule has 0 aliphatic carbocycles. The lowest BCUT2D eigenvalue weighted by molar-refractivity contribution is -0.127. The van der Waals surface area contributed by atoms with Gasteiger partial charge in [-0.05, 0) is 31.9 Å². The van der Waals surface area contributed by atoms with Crippen LogP contribution in [0, 0.1) is 5.41 Å². The van der Waals surface area contributed by atoms with E-state index >= 15 is 0 Å². The van der Waals surface area contributed by atoms with Crippen molar-refractivity contribution in [2.24, 2.45) is 11.1 Å². The van der Waals surface area contributed by atoms with Gasteiger partial charge in [0.25, 0.3) is 0 Å². The van der Waals surface area contributed by atoms with Crippen molar-refractivity contribution in [3.63, 3.8) is 0 Å². The number of carbonyl (C=O) groups excluding carboxylic acids is 1. The van der Waals surface area contributed by atoms with E-state index in [1.165, 1.54) is 0 Å². The topological polar surface area (TPSA) is 64.8 Å². The summed E-state index contributed by atoms with van der Waals surface area (Å²) in [5.74, 6) is 1.32. The lowest BCUT2D eigenvalue weighted by atomic mass is 9.80. The second-order valence-electron chi connectivity index (χ2n) is 7.69. The van der Waals surface area contributed by atoms with Crippen LogP contribution in [-0.4, -0.2) is 31.7 Å². The molecule has 0 saturated heterocycles. The van der Waals surface area contributed by atoms with Gasteiger partial charge in [-0.2, -0.15) is 0 Å². The van der Waals surface area contributed by atoms with Gasteiger partial charge in [-0.15, -0.1) is 0 Å². The molecule has 0 fully saturated rings. The third-order valence-corrected chi connectivity index (χ3v) is 4.59. The largest absolute Gasteiger partial charge is 0.493 e. The fourth-order valence-electron chi connectivity index (χ4n) is 2.95. The van der Waals surface area contributed by atoms with Gasteiger partial charge >= 0.3 is 0 Å². The average molecular weight is 320 g/mol. The van der Waals surface area contributed by atoms with Crippen LogP contribution < -0.4 is 20.1 Å². The summed E-state index contributed by atoms with van der Waals surface area (Å²) in [6.45, 7) is 9.80. The molecule has 1 unspecified atom stereocenters. The highest BCUT2D eigenvalue weighted by Gasteiger charge is 2.45. The molecule has 2 rings (SSSR count). The quantitative estimate of drug-likeness (QED) is 0.910. The standard InChI is InChI=1S/C18H28N2O3/c1-17(2,3)16(21)20-12-10-14(23-7)13(22-6)8-11(12)9-15(19)18(20,4)5/h8,10,15H,9,19H2,1-7H3. The molecule has 1 heterocycles. The minimum Gasteiger partial charge on any atom is -0.493 e. The number of anilines is 1. The summed E-state index contributed by atoms with van der Waals surface area (Å²) in [5.41, 5.74) is 7.28. The van der Waals surface area contributed by atoms with Crippen molar-refractivity contribution in [2.45, 2.75) is 52.6 Å². The first kappa shape index (κ1) is 17.6. The van der Waals surface area contributed by atoms with Crippen molar-refractivity contribution in [3.05, 3.63) is 17.7 Å². The summed E-state index contributed by atoms with van der Waals surface area (Å²) in [4.78, 5) is 14.9. The highest BCUT2D eigenvalue weighted by Crippen LogP contribution is 2.43. The number of carbonyl (C=O) groups is 1. The number of nitrogens with two attached hydrogens (primary N) is 1. The smallest absolute Gasteiger partial charge is 0.232 e. The molecule has 0 radical (unpaired) electrons. The molecule has 0 saturated carbocycles. The Balaban J connectivity index is 2.68. The summed E-state index contributed by atoms with van der Waals surface area (Å²) in [7, 11) is 3.20. The number of rotatable bonds is 2. The van der Waals surface area contributed by atoms with E-state index < -0.39 is 11.0 Å². The van der Waals surface area contributed by atoms with E-state index in [1.54, 1.807) is 14.2 Å². The van der Waals surface area contributed by atoms with Gasteiger partial charge in [-0.3, -0.25) is 4.79 Å². The minimum absolute atomic E-state index is 0.0473. The number of benzene rings is 1. The van der Waals surface area contributed by atoms with Crippen LogP contribution in [0.2, 0.25) is 0 Å². The zero-order valence-corrected chi connectivity index (χ0v) is 15.2. The second kappa shape index (κ2) is 5.71. The van der Waals surface area contributed by atoms with Crippen molar-refractivity contribution in [1.82, 2.24) is 0 Å². The van der Waals surface area contributed by atoms with Crippen LogP contribution in [0.1, 0.15) is 40.2 Å². The molecule has 1 atom stereocenters. The van der Waals surface area contributed by atoms with Gasteiger partial charge in [0.05, 0.1) is 25.4 Å². The van der Waals surface area contributed by atoms with Crippen LogP contribution in [0.25, 0.3) is 0 Å². The van der Waals surface area contributed by atoms with Gasteiger partial charge in [0.15, 0.2) is 11.5 Å². The van der Waals surface area contributed by atoms with Gasteiger partial charge < -0.3 is 20.1 Å². The zero-order chi connectivity index (χ0) is 17.6. The van der Waals surface area contributed by atoms with Gasteiger partial charge in [-0.25, -0.2) is 0 Å². The molecule has 23 heavy (non-hydrogen) atoms. The number of methoxy groups -OCH3 is 2. The Morgan fingerprint density at radius 2 is 1.74 bits per heavy atom. The Labute approximate surface area is 138 Å². The SMILES string of the molecule is COc1cc2c(cc1OC)N(C(=O)C(C)(C)C)C(C)(C)C(N)C2. The summed E-state index contributed by atoms with van der Waals surface area (Å²) < 4.78 is 10.8. The fraction of sp³-hybridized carbons (Fsp3) is 0.611. The molecule has 0 spiro atoms. The number of fused-ring (bicyclic) bond motifs is 1. The van der Waals surface area contributed by atoms with Crippen LogP contribution in [0.3, 0.4) is 0 Å². The van der Waals surface area contributed by atoms with Crippen LogP contribution in [0.5, 0.6) is 11.5 Å². The van der Waals surface area contributed by atoms with Crippen LogP contribution in [0.15, 0.2) is 12.1 Å². The molecule has 1 aromatic carbocycles.